The first kappa shape index (κ1) is 29.0. The van der Waals surface area contributed by atoms with Gasteiger partial charge < -0.3 is 19.3 Å². The van der Waals surface area contributed by atoms with Crippen molar-refractivity contribution in [3.05, 3.63) is 47.0 Å². The Hall–Kier alpha value is -3.27. The molecule has 0 saturated carbocycles. The van der Waals surface area contributed by atoms with Crippen molar-refractivity contribution < 1.29 is 37.3 Å². The highest BCUT2D eigenvalue weighted by molar-refractivity contribution is 7.89. The van der Waals surface area contributed by atoms with Crippen LogP contribution in [-0.2, 0) is 10.0 Å². The molecular formula is C26H35NO8S. The van der Waals surface area contributed by atoms with E-state index in [4.69, 9.17) is 14.2 Å². The largest absolute Gasteiger partial charge is 0.507 e. The quantitative estimate of drug-likeness (QED) is 0.313. The van der Waals surface area contributed by atoms with Gasteiger partial charge in [0, 0.05) is 17.5 Å². The fourth-order valence-corrected chi connectivity index (χ4v) is 3.82. The zero-order valence-corrected chi connectivity index (χ0v) is 22.5. The summed E-state index contributed by atoms with van der Waals surface area (Å²) in [5, 5.41) is 10.5. The third-order valence-corrected chi connectivity index (χ3v) is 5.69. The summed E-state index contributed by atoms with van der Waals surface area (Å²) in [7, 11) is -2.22. The number of phenols is 1. The van der Waals surface area contributed by atoms with Crippen molar-refractivity contribution in [2.75, 3.05) is 26.6 Å². The van der Waals surface area contributed by atoms with Crippen LogP contribution in [0.25, 0.3) is 0 Å². The smallest absolute Gasteiger partial charge is 0.264 e. The monoisotopic (exact) mass is 521 g/mol. The highest BCUT2D eigenvalue weighted by Crippen LogP contribution is 2.33. The molecule has 0 aromatic heterocycles. The van der Waals surface area contributed by atoms with Crippen molar-refractivity contribution in [3.8, 4) is 23.0 Å². The minimum atomic E-state index is -3.69. The lowest BCUT2D eigenvalue weighted by molar-refractivity contribution is 0.0935. The highest BCUT2D eigenvalue weighted by Gasteiger charge is 2.21. The molecule has 0 bridgehead atoms. The Morgan fingerprint density at radius 2 is 1.56 bits per heavy atom. The van der Waals surface area contributed by atoms with Crippen LogP contribution in [0, 0.1) is 12.3 Å². The van der Waals surface area contributed by atoms with Gasteiger partial charge in [0.1, 0.15) is 11.5 Å². The molecule has 0 aliphatic rings. The number of methoxy groups -OCH3 is 1. The second-order valence-electron chi connectivity index (χ2n) is 9.72. The van der Waals surface area contributed by atoms with Gasteiger partial charge in [-0.1, -0.05) is 20.8 Å². The molecular weight excluding hydrogens is 486 g/mol. The van der Waals surface area contributed by atoms with Crippen molar-refractivity contribution in [2.24, 2.45) is 5.41 Å². The normalized spacial score (nSPS) is 11.6. The summed E-state index contributed by atoms with van der Waals surface area (Å²) in [6.45, 7) is 8.30. The number of hydrogen-bond acceptors (Lipinski definition) is 8. The summed E-state index contributed by atoms with van der Waals surface area (Å²) < 4.78 is 41.3. The van der Waals surface area contributed by atoms with Crippen LogP contribution < -0.4 is 18.9 Å². The van der Waals surface area contributed by atoms with E-state index in [2.05, 4.69) is 0 Å². The van der Waals surface area contributed by atoms with Gasteiger partial charge in [0.05, 0.1) is 32.1 Å². The van der Waals surface area contributed by atoms with Gasteiger partial charge in [-0.05, 0) is 55.5 Å². The average molecular weight is 522 g/mol. The Morgan fingerprint density at radius 3 is 2.11 bits per heavy atom. The first-order valence-electron chi connectivity index (χ1n) is 11.5. The van der Waals surface area contributed by atoms with Gasteiger partial charge in [0.25, 0.3) is 5.91 Å². The molecule has 0 aliphatic heterocycles. The van der Waals surface area contributed by atoms with Crippen molar-refractivity contribution in [1.82, 2.24) is 4.72 Å². The topological polar surface area (TPSA) is 128 Å². The number of unbranched alkanes of at least 4 members (excludes halogenated alkanes) is 1. The van der Waals surface area contributed by atoms with Crippen LogP contribution in [0.5, 0.6) is 23.0 Å². The fourth-order valence-electron chi connectivity index (χ4n) is 3.37. The molecule has 1 amide bonds. The molecule has 2 aromatic carbocycles. The Kier molecular flexibility index (Phi) is 9.75. The molecule has 198 valence electrons. The Bertz CT molecular complexity index is 1200. The standard InChI is InChI=1S/C26H35NO8S/c1-17-21(12-10-19(24(17)29)20(28)16-26(2,3)4)34-13-7-8-14-35-23-15-18(9-11-22(23)33-5)25(30)27-36(6,31)32/h9-12,15,29H,7-8,13-14,16H2,1-6H3,(H,27,30). The van der Waals surface area contributed by atoms with E-state index in [1.807, 2.05) is 25.5 Å². The molecule has 0 aliphatic carbocycles. The van der Waals surface area contributed by atoms with Crippen LogP contribution >= 0.6 is 0 Å². The molecule has 0 atom stereocenters. The van der Waals surface area contributed by atoms with Crippen molar-refractivity contribution in [3.63, 3.8) is 0 Å². The Balaban J connectivity index is 1.90. The van der Waals surface area contributed by atoms with Gasteiger partial charge >= 0.3 is 0 Å². The molecule has 0 fully saturated rings. The minimum absolute atomic E-state index is 0.0584. The summed E-state index contributed by atoms with van der Waals surface area (Å²) in [5.41, 5.74) is 0.756. The van der Waals surface area contributed by atoms with Gasteiger partial charge in [0.15, 0.2) is 17.3 Å². The SMILES string of the molecule is COc1ccc(C(=O)NS(C)(=O)=O)cc1OCCCCOc1ccc(C(=O)CC(C)(C)C)c(O)c1C. The van der Waals surface area contributed by atoms with Crippen LogP contribution in [0.1, 0.15) is 66.3 Å². The maximum atomic E-state index is 12.5. The molecule has 2 N–H and O–H groups in total. The van der Waals surface area contributed by atoms with E-state index in [0.29, 0.717) is 60.9 Å². The van der Waals surface area contributed by atoms with E-state index in [1.54, 1.807) is 19.1 Å². The van der Waals surface area contributed by atoms with Gasteiger partial charge in [-0.15, -0.1) is 0 Å². The van der Waals surface area contributed by atoms with Crippen molar-refractivity contribution in [1.29, 1.82) is 0 Å². The number of rotatable bonds is 12. The zero-order chi connectivity index (χ0) is 27.1. The van der Waals surface area contributed by atoms with Crippen molar-refractivity contribution >= 4 is 21.7 Å². The Morgan fingerprint density at radius 1 is 0.972 bits per heavy atom. The number of phenolic OH excluding ortho intramolecular Hbond substituents is 1. The maximum absolute atomic E-state index is 12.5. The molecule has 9 nitrogen and oxygen atoms in total. The third kappa shape index (κ3) is 8.75. The molecule has 0 unspecified atom stereocenters. The van der Waals surface area contributed by atoms with E-state index in [-0.39, 0.29) is 22.5 Å². The lowest BCUT2D eigenvalue weighted by Gasteiger charge is -2.18. The van der Waals surface area contributed by atoms with Crippen LogP contribution in [0.4, 0.5) is 0 Å². The summed E-state index contributed by atoms with van der Waals surface area (Å²) in [6.07, 6.45) is 2.49. The second-order valence-corrected chi connectivity index (χ2v) is 11.5. The third-order valence-electron chi connectivity index (χ3n) is 5.13. The van der Waals surface area contributed by atoms with E-state index >= 15 is 0 Å². The number of Topliss-reactive ketones (excluding diaryl/α,β-unsaturated/α-hetero) is 1. The van der Waals surface area contributed by atoms with Gasteiger partial charge in [-0.3, -0.25) is 9.59 Å². The summed E-state index contributed by atoms with van der Waals surface area (Å²) in [5.74, 6) is 0.303. The number of carbonyl (C=O) groups excluding carboxylic acids is 2. The minimum Gasteiger partial charge on any atom is -0.507 e. The van der Waals surface area contributed by atoms with Crippen LogP contribution in [0.3, 0.4) is 0 Å². The number of amides is 1. The van der Waals surface area contributed by atoms with Crippen LogP contribution in [0.15, 0.2) is 30.3 Å². The predicted molar refractivity (Wildman–Crippen MR) is 137 cm³/mol. The number of sulfonamides is 1. The van der Waals surface area contributed by atoms with E-state index in [0.717, 1.165) is 6.26 Å². The number of aromatic hydroxyl groups is 1. The average Bonchev–Trinajstić information content (AvgIpc) is 2.76. The summed E-state index contributed by atoms with van der Waals surface area (Å²) in [4.78, 5) is 24.6. The lowest BCUT2D eigenvalue weighted by Crippen LogP contribution is -2.29. The number of nitrogens with one attached hydrogen (secondary N) is 1. The van der Waals surface area contributed by atoms with E-state index in [9.17, 15) is 23.1 Å². The summed E-state index contributed by atoms with van der Waals surface area (Å²) >= 11 is 0. The molecule has 2 aromatic rings. The maximum Gasteiger partial charge on any atom is 0.264 e. The first-order chi connectivity index (χ1) is 16.7. The van der Waals surface area contributed by atoms with Crippen molar-refractivity contribution in [2.45, 2.75) is 47.0 Å². The first-order valence-corrected chi connectivity index (χ1v) is 13.4. The lowest BCUT2D eigenvalue weighted by atomic mass is 9.87. The molecule has 36 heavy (non-hydrogen) atoms. The number of ketones is 1. The molecule has 0 radical (unpaired) electrons. The fraction of sp³-hybridized carbons (Fsp3) is 0.462. The van der Waals surface area contributed by atoms with Crippen LogP contribution in [0.2, 0.25) is 0 Å². The molecule has 0 spiro atoms. The molecule has 0 heterocycles. The second kappa shape index (κ2) is 12.1. The molecule has 2 rings (SSSR count). The van der Waals surface area contributed by atoms with E-state index < -0.39 is 15.9 Å². The number of ether oxygens (including phenoxy) is 3. The van der Waals surface area contributed by atoms with Gasteiger partial charge in [-0.25, -0.2) is 13.1 Å². The molecule has 10 heteroatoms. The number of benzene rings is 2. The zero-order valence-electron chi connectivity index (χ0n) is 21.6. The van der Waals surface area contributed by atoms with Gasteiger partial charge in [0.2, 0.25) is 10.0 Å². The Labute approximate surface area is 212 Å². The van der Waals surface area contributed by atoms with Crippen LogP contribution in [-0.4, -0.2) is 51.8 Å². The summed E-state index contributed by atoms with van der Waals surface area (Å²) in [6, 6.07) is 7.68. The highest BCUT2D eigenvalue weighted by atomic mass is 32.2. The number of carbonyl (C=O) groups is 2. The van der Waals surface area contributed by atoms with Gasteiger partial charge in [-0.2, -0.15) is 0 Å². The number of hydrogen-bond donors (Lipinski definition) is 2. The van der Waals surface area contributed by atoms with E-state index in [1.165, 1.54) is 25.3 Å². The predicted octanol–water partition coefficient (Wildman–Crippen LogP) is 4.26. The molecule has 0 saturated heterocycles.